The maximum atomic E-state index is 9.86. The van der Waals surface area contributed by atoms with Gasteiger partial charge in [-0.2, -0.15) is 0 Å². The smallest absolute Gasteiger partial charge is 0.142 e. The number of aldehydes is 1. The van der Waals surface area contributed by atoms with Crippen molar-refractivity contribution in [1.29, 1.82) is 0 Å². The minimum atomic E-state index is 0.723. The third-order valence-corrected chi connectivity index (χ3v) is 0.913. The number of rotatable bonds is 4. The molecule has 0 aliphatic carbocycles. The molecule has 0 bridgehead atoms. The summed E-state index contributed by atoms with van der Waals surface area (Å²) in [6.45, 7) is 7.06. The average Bonchev–Trinajstić information content (AvgIpc) is 1.98. The maximum absolute atomic E-state index is 9.86. The van der Waals surface area contributed by atoms with Crippen LogP contribution in [0.4, 0.5) is 0 Å². The highest BCUT2D eigenvalue weighted by atomic mass is 16.1. The van der Waals surface area contributed by atoms with Crippen molar-refractivity contribution in [3.05, 3.63) is 49.1 Å². The Balaban J connectivity index is 4.20. The van der Waals surface area contributed by atoms with E-state index in [9.17, 15) is 4.79 Å². The lowest BCUT2D eigenvalue weighted by Crippen LogP contribution is -1.68. The van der Waals surface area contributed by atoms with Crippen molar-refractivity contribution in [3.8, 4) is 0 Å². The maximum Gasteiger partial charge on any atom is 0.142 e. The van der Waals surface area contributed by atoms with Gasteiger partial charge >= 0.3 is 0 Å². The van der Waals surface area contributed by atoms with Crippen LogP contribution in [0.3, 0.4) is 0 Å². The summed E-state index contributed by atoms with van der Waals surface area (Å²) in [4.78, 5) is 9.86. The van der Waals surface area contributed by atoms with Crippen LogP contribution in [0.1, 0.15) is 0 Å². The molecule has 0 radical (unpaired) electrons. The number of carbonyl (C=O) groups excluding carboxylic acids is 1. The highest BCUT2D eigenvalue weighted by molar-refractivity contribution is 5.66. The molecule has 0 saturated carbocycles. The second-order valence-electron chi connectivity index (χ2n) is 1.60. The van der Waals surface area contributed by atoms with E-state index >= 15 is 0 Å². The Morgan fingerprint density at radius 1 is 1.30 bits per heavy atom. The van der Waals surface area contributed by atoms with Gasteiger partial charge in [-0.15, -0.1) is 0 Å². The monoisotopic (exact) mass is 134 g/mol. The lowest BCUT2D eigenvalue weighted by molar-refractivity contribution is -0.104. The van der Waals surface area contributed by atoms with Crippen LogP contribution in [0.2, 0.25) is 0 Å². The largest absolute Gasteiger partial charge is 0.299 e. The summed E-state index contributed by atoms with van der Waals surface area (Å²) in [5.74, 6) is 0. The van der Waals surface area contributed by atoms with Crippen molar-refractivity contribution in [1.82, 2.24) is 0 Å². The van der Waals surface area contributed by atoms with Crippen LogP contribution in [-0.4, -0.2) is 6.29 Å². The fourth-order valence-corrected chi connectivity index (χ4v) is 0.478. The molecule has 0 N–H and O–H groups in total. The zero-order chi connectivity index (χ0) is 7.82. The molecule has 0 spiro atoms. The van der Waals surface area contributed by atoms with E-state index in [-0.39, 0.29) is 0 Å². The Bertz CT molecular complexity index is 185. The van der Waals surface area contributed by atoms with Crippen molar-refractivity contribution < 1.29 is 4.79 Å². The minimum Gasteiger partial charge on any atom is -0.299 e. The fraction of sp³-hybridized carbons (Fsp3) is 0. The van der Waals surface area contributed by atoms with Crippen LogP contribution in [0.15, 0.2) is 49.1 Å². The zero-order valence-corrected chi connectivity index (χ0v) is 5.79. The van der Waals surface area contributed by atoms with Crippen molar-refractivity contribution in [2.45, 2.75) is 0 Å². The van der Waals surface area contributed by atoms with E-state index in [2.05, 4.69) is 13.2 Å². The predicted molar refractivity (Wildman–Crippen MR) is 43.7 cm³/mol. The molecule has 0 fully saturated rings. The second kappa shape index (κ2) is 5.76. The van der Waals surface area contributed by atoms with Gasteiger partial charge in [-0.05, 0) is 11.6 Å². The molecule has 10 heavy (non-hydrogen) atoms. The van der Waals surface area contributed by atoms with Gasteiger partial charge in [-0.25, -0.2) is 0 Å². The van der Waals surface area contributed by atoms with Crippen LogP contribution < -0.4 is 0 Å². The highest BCUT2D eigenvalue weighted by Gasteiger charge is 1.78. The summed E-state index contributed by atoms with van der Waals surface area (Å²) in [5, 5.41) is 0. The Labute approximate surface area is 61.1 Å². The van der Waals surface area contributed by atoms with Gasteiger partial charge in [0.25, 0.3) is 0 Å². The number of allylic oxidation sites excluding steroid dienone is 6. The SMILES string of the molecule is C=C/C=C(C=C)\C=C\C=O. The van der Waals surface area contributed by atoms with E-state index in [1.165, 1.54) is 6.08 Å². The van der Waals surface area contributed by atoms with E-state index < -0.39 is 0 Å². The normalized spacial score (nSPS) is 11.4. The van der Waals surface area contributed by atoms with Crippen molar-refractivity contribution in [2.24, 2.45) is 0 Å². The topological polar surface area (TPSA) is 17.1 Å². The van der Waals surface area contributed by atoms with Gasteiger partial charge in [0.1, 0.15) is 6.29 Å². The molecule has 0 heterocycles. The van der Waals surface area contributed by atoms with Crippen LogP contribution >= 0.6 is 0 Å². The first-order valence-corrected chi connectivity index (χ1v) is 2.92. The molecule has 0 aromatic rings. The standard InChI is InChI=1S/C9H10O/c1-3-6-9(4-2)7-5-8-10/h3-8H,1-2H2/b7-5+,9-6-. The molecule has 0 aliphatic heterocycles. The molecule has 52 valence electrons. The van der Waals surface area contributed by atoms with Crippen LogP contribution in [0.25, 0.3) is 0 Å². The Kier molecular flexibility index (Phi) is 4.97. The van der Waals surface area contributed by atoms with Crippen molar-refractivity contribution in [3.63, 3.8) is 0 Å². The first-order chi connectivity index (χ1) is 4.85. The van der Waals surface area contributed by atoms with Crippen molar-refractivity contribution >= 4 is 6.29 Å². The summed E-state index contributed by atoms with van der Waals surface area (Å²) in [5.41, 5.74) is 0.877. The number of hydrogen-bond acceptors (Lipinski definition) is 1. The van der Waals surface area contributed by atoms with E-state index in [4.69, 9.17) is 0 Å². The van der Waals surface area contributed by atoms with Gasteiger partial charge in [0.05, 0.1) is 0 Å². The first-order valence-electron chi connectivity index (χ1n) is 2.92. The Hall–Kier alpha value is -1.37. The molecule has 0 aromatic heterocycles. The van der Waals surface area contributed by atoms with Crippen molar-refractivity contribution in [2.75, 3.05) is 0 Å². The summed E-state index contributed by atoms with van der Waals surface area (Å²) in [6.07, 6.45) is 8.87. The van der Waals surface area contributed by atoms with Crippen LogP contribution in [0, 0.1) is 0 Å². The molecule has 0 amide bonds. The van der Waals surface area contributed by atoms with Crippen LogP contribution in [-0.2, 0) is 4.79 Å². The first kappa shape index (κ1) is 8.63. The molecular formula is C9H10O. The number of hydrogen-bond donors (Lipinski definition) is 0. The molecule has 0 rings (SSSR count). The summed E-state index contributed by atoms with van der Waals surface area (Å²) in [7, 11) is 0. The Morgan fingerprint density at radius 3 is 2.40 bits per heavy atom. The molecule has 0 aromatic carbocycles. The molecule has 0 aliphatic rings. The molecular weight excluding hydrogens is 124 g/mol. The van der Waals surface area contributed by atoms with E-state index in [0.29, 0.717) is 0 Å². The lowest BCUT2D eigenvalue weighted by atomic mass is 10.2. The average molecular weight is 134 g/mol. The van der Waals surface area contributed by atoms with E-state index in [1.54, 1.807) is 24.3 Å². The van der Waals surface area contributed by atoms with E-state index in [1.807, 2.05) is 0 Å². The Morgan fingerprint density at radius 2 is 2.00 bits per heavy atom. The zero-order valence-electron chi connectivity index (χ0n) is 5.79. The third-order valence-electron chi connectivity index (χ3n) is 0.913. The molecule has 1 nitrogen and oxygen atoms in total. The lowest BCUT2D eigenvalue weighted by Gasteiger charge is -1.85. The molecule has 0 unspecified atom stereocenters. The van der Waals surface area contributed by atoms with Gasteiger partial charge in [0, 0.05) is 0 Å². The van der Waals surface area contributed by atoms with Gasteiger partial charge < -0.3 is 0 Å². The third kappa shape index (κ3) is 3.61. The van der Waals surface area contributed by atoms with Gasteiger partial charge in [0.2, 0.25) is 0 Å². The molecule has 1 heteroatoms. The van der Waals surface area contributed by atoms with Gasteiger partial charge in [-0.1, -0.05) is 37.5 Å². The number of carbonyl (C=O) groups is 1. The molecule has 0 saturated heterocycles. The second-order valence-corrected chi connectivity index (χ2v) is 1.60. The van der Waals surface area contributed by atoms with Crippen LogP contribution in [0.5, 0.6) is 0 Å². The van der Waals surface area contributed by atoms with E-state index in [0.717, 1.165) is 11.9 Å². The summed E-state index contributed by atoms with van der Waals surface area (Å²) in [6, 6.07) is 0. The van der Waals surface area contributed by atoms with Gasteiger partial charge in [0.15, 0.2) is 0 Å². The summed E-state index contributed by atoms with van der Waals surface area (Å²) >= 11 is 0. The quantitative estimate of drug-likeness (QED) is 0.326. The molecule has 0 atom stereocenters. The fourth-order valence-electron chi connectivity index (χ4n) is 0.478. The highest BCUT2D eigenvalue weighted by Crippen LogP contribution is 1.96. The predicted octanol–water partition coefficient (Wildman–Crippen LogP) is 2.04. The van der Waals surface area contributed by atoms with Gasteiger partial charge in [-0.3, -0.25) is 4.79 Å². The summed E-state index contributed by atoms with van der Waals surface area (Å²) < 4.78 is 0. The minimum absolute atomic E-state index is 0.723.